The quantitative estimate of drug-likeness (QED) is 0.754. The normalized spacial score (nSPS) is 16.9. The van der Waals surface area contributed by atoms with E-state index in [4.69, 9.17) is 16.3 Å². The maximum atomic E-state index is 12.0. The van der Waals surface area contributed by atoms with Crippen molar-refractivity contribution in [1.29, 1.82) is 0 Å². The highest BCUT2D eigenvalue weighted by Crippen LogP contribution is 2.28. The van der Waals surface area contributed by atoms with Crippen LogP contribution in [0.2, 0.25) is 5.15 Å². The van der Waals surface area contributed by atoms with Gasteiger partial charge in [0, 0.05) is 20.0 Å². The number of ether oxygens (including phenoxy) is 1. The van der Waals surface area contributed by atoms with Crippen molar-refractivity contribution in [1.82, 2.24) is 20.3 Å². The van der Waals surface area contributed by atoms with Crippen LogP contribution in [0.25, 0.3) is 11.0 Å². The number of pyridine rings is 1. The summed E-state index contributed by atoms with van der Waals surface area (Å²) in [6.45, 7) is 8.03. The maximum absolute atomic E-state index is 12.0. The van der Waals surface area contributed by atoms with E-state index >= 15 is 0 Å². The Morgan fingerprint density at radius 2 is 2.00 bits per heavy atom. The summed E-state index contributed by atoms with van der Waals surface area (Å²) >= 11 is 6.05. The average molecular weight is 407 g/mol. The first-order valence-corrected chi connectivity index (χ1v) is 9.35. The molecule has 2 amide bonds. The van der Waals surface area contributed by atoms with E-state index in [0.29, 0.717) is 35.1 Å². The number of halogens is 1. The van der Waals surface area contributed by atoms with Crippen LogP contribution in [0.3, 0.4) is 0 Å². The molecule has 0 aliphatic carbocycles. The van der Waals surface area contributed by atoms with Gasteiger partial charge in [0.05, 0.1) is 11.6 Å². The van der Waals surface area contributed by atoms with Crippen molar-refractivity contribution in [3.8, 4) is 0 Å². The summed E-state index contributed by atoms with van der Waals surface area (Å²) in [5.74, 6) is 0.491. The third kappa shape index (κ3) is 4.98. The number of alkyl carbamates (subject to hydrolysis) is 1. The smallest absolute Gasteiger partial charge is 0.407 e. The highest BCUT2D eigenvalue weighted by Gasteiger charge is 2.29. The van der Waals surface area contributed by atoms with E-state index in [1.165, 1.54) is 6.92 Å². The summed E-state index contributed by atoms with van der Waals surface area (Å²) in [6, 6.07) is 3.27. The van der Waals surface area contributed by atoms with Crippen LogP contribution in [-0.4, -0.2) is 51.7 Å². The lowest BCUT2D eigenvalue weighted by molar-refractivity contribution is -0.114. The molecule has 1 unspecified atom stereocenters. The van der Waals surface area contributed by atoms with Crippen molar-refractivity contribution >= 4 is 46.4 Å². The summed E-state index contributed by atoms with van der Waals surface area (Å²) < 4.78 is 5.32. The predicted octanol–water partition coefficient (Wildman–Crippen LogP) is 2.74. The van der Waals surface area contributed by atoms with Gasteiger partial charge in [-0.2, -0.15) is 4.98 Å². The standard InChI is InChI=1S/C18H23ClN6O3/c1-10(26)20-16-22-12-5-6-13(19)23-14(12)15(24-16)25-8-7-11(9-25)21-17(27)28-18(2,3)4/h5-6,11H,7-9H2,1-4H3,(H,21,27)(H,20,22,24,26). The molecule has 1 aliphatic rings. The number of nitrogens with zero attached hydrogens (tertiary/aromatic N) is 4. The monoisotopic (exact) mass is 406 g/mol. The van der Waals surface area contributed by atoms with Gasteiger partial charge < -0.3 is 15.0 Å². The lowest BCUT2D eigenvalue weighted by Crippen LogP contribution is -2.40. The molecule has 1 fully saturated rings. The zero-order valence-electron chi connectivity index (χ0n) is 16.2. The van der Waals surface area contributed by atoms with E-state index in [2.05, 4.69) is 25.6 Å². The van der Waals surface area contributed by atoms with Gasteiger partial charge in [0.2, 0.25) is 11.9 Å². The lowest BCUT2D eigenvalue weighted by Gasteiger charge is -2.22. The van der Waals surface area contributed by atoms with Crippen LogP contribution in [0.1, 0.15) is 34.1 Å². The Labute approximate surface area is 167 Å². The summed E-state index contributed by atoms with van der Waals surface area (Å²) in [6.07, 6.45) is 0.271. The van der Waals surface area contributed by atoms with E-state index in [0.717, 1.165) is 6.42 Å². The fourth-order valence-electron chi connectivity index (χ4n) is 2.95. The number of rotatable bonds is 3. The van der Waals surface area contributed by atoms with E-state index in [9.17, 15) is 9.59 Å². The molecule has 0 saturated carbocycles. The summed E-state index contributed by atoms with van der Waals surface area (Å²) in [4.78, 5) is 38.6. The molecule has 10 heteroatoms. The number of hydrogen-bond donors (Lipinski definition) is 2. The molecule has 2 aromatic heterocycles. The van der Waals surface area contributed by atoms with Crippen LogP contribution >= 0.6 is 11.6 Å². The molecule has 9 nitrogen and oxygen atoms in total. The van der Waals surface area contributed by atoms with Crippen molar-refractivity contribution in [2.24, 2.45) is 0 Å². The molecule has 1 saturated heterocycles. The van der Waals surface area contributed by atoms with Crippen molar-refractivity contribution in [2.45, 2.75) is 45.8 Å². The third-order valence-corrected chi connectivity index (χ3v) is 4.20. The Morgan fingerprint density at radius 3 is 2.68 bits per heavy atom. The number of hydrogen-bond acceptors (Lipinski definition) is 7. The van der Waals surface area contributed by atoms with Gasteiger partial charge in [-0.05, 0) is 39.3 Å². The molecule has 2 N–H and O–H groups in total. The predicted molar refractivity (Wildman–Crippen MR) is 107 cm³/mol. The highest BCUT2D eigenvalue weighted by molar-refractivity contribution is 6.29. The lowest BCUT2D eigenvalue weighted by atomic mass is 10.2. The molecule has 0 radical (unpaired) electrons. The average Bonchev–Trinajstić information content (AvgIpc) is 3.00. The van der Waals surface area contributed by atoms with E-state index in [1.54, 1.807) is 12.1 Å². The molecular weight excluding hydrogens is 384 g/mol. The molecule has 3 rings (SSSR count). The second-order valence-electron chi connectivity index (χ2n) is 7.63. The fraction of sp³-hybridized carbons (Fsp3) is 0.500. The molecule has 28 heavy (non-hydrogen) atoms. The van der Waals surface area contributed by atoms with Gasteiger partial charge in [0.15, 0.2) is 5.82 Å². The Kier molecular flexibility index (Phi) is 5.55. The molecule has 1 aliphatic heterocycles. The van der Waals surface area contributed by atoms with Gasteiger partial charge in [-0.15, -0.1) is 0 Å². The van der Waals surface area contributed by atoms with Crippen molar-refractivity contribution in [3.63, 3.8) is 0 Å². The van der Waals surface area contributed by atoms with E-state index in [-0.39, 0.29) is 17.9 Å². The zero-order valence-corrected chi connectivity index (χ0v) is 17.0. The SMILES string of the molecule is CC(=O)Nc1nc(N2CCC(NC(=O)OC(C)(C)C)C2)c2nc(Cl)ccc2n1. The molecule has 150 valence electrons. The largest absolute Gasteiger partial charge is 0.444 e. The summed E-state index contributed by atoms with van der Waals surface area (Å²) in [5.41, 5.74) is 0.556. The number of amides is 2. The Balaban J connectivity index is 1.83. The van der Waals surface area contributed by atoms with Crippen molar-refractivity contribution in [3.05, 3.63) is 17.3 Å². The van der Waals surface area contributed by atoms with Crippen LogP contribution in [0, 0.1) is 0 Å². The van der Waals surface area contributed by atoms with Crippen LogP contribution in [0.5, 0.6) is 0 Å². The third-order valence-electron chi connectivity index (χ3n) is 3.99. The highest BCUT2D eigenvalue weighted by atomic mass is 35.5. The minimum absolute atomic E-state index is 0.0942. The number of carbonyl (C=O) groups is 2. The van der Waals surface area contributed by atoms with Gasteiger partial charge in [0.1, 0.15) is 16.3 Å². The first-order chi connectivity index (χ1) is 13.1. The number of anilines is 2. The van der Waals surface area contributed by atoms with Gasteiger partial charge >= 0.3 is 6.09 Å². The van der Waals surface area contributed by atoms with Gasteiger partial charge in [-0.3, -0.25) is 10.1 Å². The minimum Gasteiger partial charge on any atom is -0.444 e. The summed E-state index contributed by atoms with van der Waals surface area (Å²) in [5, 5.41) is 5.81. The van der Waals surface area contributed by atoms with Gasteiger partial charge in [0.25, 0.3) is 0 Å². The Bertz CT molecular complexity index is 914. The number of nitrogens with one attached hydrogen (secondary N) is 2. The van der Waals surface area contributed by atoms with E-state index < -0.39 is 11.7 Å². The second-order valence-corrected chi connectivity index (χ2v) is 8.02. The number of carbonyl (C=O) groups excluding carboxylic acids is 2. The fourth-order valence-corrected chi connectivity index (χ4v) is 3.10. The first-order valence-electron chi connectivity index (χ1n) is 8.97. The van der Waals surface area contributed by atoms with Crippen molar-refractivity contribution < 1.29 is 14.3 Å². The molecule has 2 aromatic rings. The Hall–Kier alpha value is -2.68. The first kappa shape index (κ1) is 20.1. The second kappa shape index (κ2) is 7.75. The van der Waals surface area contributed by atoms with Crippen molar-refractivity contribution in [2.75, 3.05) is 23.3 Å². The maximum Gasteiger partial charge on any atom is 0.407 e. The molecule has 0 bridgehead atoms. The molecular formula is C18H23ClN6O3. The molecule has 1 atom stereocenters. The topological polar surface area (TPSA) is 109 Å². The van der Waals surface area contributed by atoms with Crippen LogP contribution in [-0.2, 0) is 9.53 Å². The van der Waals surface area contributed by atoms with Crippen LogP contribution < -0.4 is 15.5 Å². The Morgan fingerprint density at radius 1 is 1.25 bits per heavy atom. The minimum atomic E-state index is -0.556. The molecule has 3 heterocycles. The number of aromatic nitrogens is 3. The number of fused-ring (bicyclic) bond motifs is 1. The molecule has 0 spiro atoms. The van der Waals surface area contributed by atoms with Crippen LogP contribution in [0.15, 0.2) is 12.1 Å². The zero-order chi connectivity index (χ0) is 20.5. The van der Waals surface area contributed by atoms with E-state index in [1.807, 2.05) is 25.7 Å². The summed E-state index contributed by atoms with van der Waals surface area (Å²) in [7, 11) is 0. The van der Waals surface area contributed by atoms with Gasteiger partial charge in [-0.1, -0.05) is 11.6 Å². The van der Waals surface area contributed by atoms with Gasteiger partial charge in [-0.25, -0.2) is 14.8 Å². The van der Waals surface area contributed by atoms with Crippen LogP contribution in [0.4, 0.5) is 16.6 Å². The molecule has 0 aromatic carbocycles.